The number of aromatic nitrogens is 3. The first-order valence-corrected chi connectivity index (χ1v) is 7.22. The van der Waals surface area contributed by atoms with Crippen LogP contribution in [-0.2, 0) is 16.0 Å². The Balaban J connectivity index is 1.59. The standard InChI is InChI=1S/C15H17FN4O2/c1-9-2-7-12(22-9)14(21)18-15-17-13(19-20-15)8-10-3-5-11(16)6-4-10/h3-6,9,12H,2,7-8H2,1H3,(H2,17,18,19,20,21)/t9-,12-/m1/s1. The quantitative estimate of drug-likeness (QED) is 0.906. The zero-order chi connectivity index (χ0) is 15.5. The zero-order valence-electron chi connectivity index (χ0n) is 12.2. The van der Waals surface area contributed by atoms with Crippen molar-refractivity contribution >= 4 is 11.9 Å². The zero-order valence-corrected chi connectivity index (χ0v) is 12.2. The van der Waals surface area contributed by atoms with Crippen LogP contribution in [0.2, 0.25) is 0 Å². The van der Waals surface area contributed by atoms with Crippen molar-refractivity contribution < 1.29 is 13.9 Å². The highest BCUT2D eigenvalue weighted by molar-refractivity contribution is 5.92. The Hall–Kier alpha value is -2.28. The molecule has 0 aliphatic carbocycles. The summed E-state index contributed by atoms with van der Waals surface area (Å²) in [5.74, 6) is 0.324. The van der Waals surface area contributed by atoms with Crippen LogP contribution in [0.5, 0.6) is 0 Å². The molecule has 6 nitrogen and oxygen atoms in total. The highest BCUT2D eigenvalue weighted by Crippen LogP contribution is 2.20. The monoisotopic (exact) mass is 304 g/mol. The van der Waals surface area contributed by atoms with Crippen molar-refractivity contribution in [2.24, 2.45) is 0 Å². The number of amides is 1. The van der Waals surface area contributed by atoms with E-state index < -0.39 is 6.10 Å². The first-order chi connectivity index (χ1) is 10.6. The van der Waals surface area contributed by atoms with E-state index in [0.717, 1.165) is 12.0 Å². The molecule has 2 N–H and O–H groups in total. The second-order valence-corrected chi connectivity index (χ2v) is 5.41. The lowest BCUT2D eigenvalue weighted by Crippen LogP contribution is -2.28. The molecule has 1 aliphatic rings. The molecule has 0 radical (unpaired) electrons. The number of hydrogen-bond acceptors (Lipinski definition) is 4. The lowest BCUT2D eigenvalue weighted by Gasteiger charge is -2.09. The van der Waals surface area contributed by atoms with Crippen LogP contribution in [-0.4, -0.2) is 33.3 Å². The van der Waals surface area contributed by atoms with Crippen LogP contribution in [0.1, 0.15) is 31.2 Å². The van der Waals surface area contributed by atoms with Gasteiger partial charge in [0.1, 0.15) is 17.7 Å². The van der Waals surface area contributed by atoms with Crippen molar-refractivity contribution in [3.05, 3.63) is 41.5 Å². The number of ether oxygens (including phenoxy) is 1. The molecular formula is C15H17FN4O2. The van der Waals surface area contributed by atoms with E-state index in [1.54, 1.807) is 12.1 Å². The number of rotatable bonds is 4. The maximum atomic E-state index is 12.9. The minimum atomic E-state index is -0.436. The van der Waals surface area contributed by atoms with E-state index in [9.17, 15) is 9.18 Å². The summed E-state index contributed by atoms with van der Waals surface area (Å²) in [5.41, 5.74) is 0.906. The summed E-state index contributed by atoms with van der Waals surface area (Å²) < 4.78 is 18.3. The van der Waals surface area contributed by atoms with E-state index in [4.69, 9.17) is 4.74 Å². The average molecular weight is 304 g/mol. The number of aromatic amines is 1. The summed E-state index contributed by atoms with van der Waals surface area (Å²) >= 11 is 0. The summed E-state index contributed by atoms with van der Waals surface area (Å²) in [6.45, 7) is 1.95. The molecule has 1 aromatic heterocycles. The Morgan fingerprint density at radius 2 is 2.18 bits per heavy atom. The summed E-state index contributed by atoms with van der Waals surface area (Å²) in [6.07, 6.45) is 1.74. The summed E-state index contributed by atoms with van der Waals surface area (Å²) in [7, 11) is 0. The van der Waals surface area contributed by atoms with Crippen LogP contribution in [0.4, 0.5) is 10.3 Å². The number of anilines is 1. The summed E-state index contributed by atoms with van der Waals surface area (Å²) in [6, 6.07) is 6.16. The second kappa shape index (κ2) is 6.23. The van der Waals surface area contributed by atoms with Crippen molar-refractivity contribution in [3.63, 3.8) is 0 Å². The second-order valence-electron chi connectivity index (χ2n) is 5.41. The molecule has 1 saturated heterocycles. The maximum Gasteiger partial charge on any atom is 0.255 e. The van der Waals surface area contributed by atoms with Crippen molar-refractivity contribution in [2.75, 3.05) is 5.32 Å². The number of nitrogens with zero attached hydrogens (tertiary/aromatic N) is 2. The van der Waals surface area contributed by atoms with Gasteiger partial charge in [-0.2, -0.15) is 4.98 Å². The number of carbonyl (C=O) groups excluding carboxylic acids is 1. The van der Waals surface area contributed by atoms with Gasteiger partial charge in [-0.3, -0.25) is 15.2 Å². The molecule has 1 aliphatic heterocycles. The van der Waals surface area contributed by atoms with E-state index in [1.807, 2.05) is 6.92 Å². The van der Waals surface area contributed by atoms with Gasteiger partial charge in [0, 0.05) is 6.42 Å². The first kappa shape index (κ1) is 14.6. The Labute approximate surface area is 127 Å². The number of nitrogens with one attached hydrogen (secondary N) is 2. The van der Waals surface area contributed by atoms with Crippen LogP contribution >= 0.6 is 0 Å². The van der Waals surface area contributed by atoms with Crippen molar-refractivity contribution in [1.82, 2.24) is 15.2 Å². The maximum absolute atomic E-state index is 12.9. The van der Waals surface area contributed by atoms with Crippen LogP contribution < -0.4 is 5.32 Å². The third kappa shape index (κ3) is 3.48. The van der Waals surface area contributed by atoms with Crippen molar-refractivity contribution in [1.29, 1.82) is 0 Å². The molecule has 116 valence electrons. The molecule has 2 aromatic rings. The molecule has 7 heteroatoms. The van der Waals surface area contributed by atoms with E-state index in [-0.39, 0.29) is 23.8 Å². The highest BCUT2D eigenvalue weighted by atomic mass is 19.1. The Morgan fingerprint density at radius 3 is 2.86 bits per heavy atom. The highest BCUT2D eigenvalue weighted by Gasteiger charge is 2.28. The smallest absolute Gasteiger partial charge is 0.255 e. The predicted molar refractivity (Wildman–Crippen MR) is 77.8 cm³/mol. The van der Waals surface area contributed by atoms with E-state index >= 15 is 0 Å². The molecule has 1 amide bonds. The van der Waals surface area contributed by atoms with Gasteiger partial charge in [0.2, 0.25) is 5.95 Å². The van der Waals surface area contributed by atoms with Gasteiger partial charge in [-0.1, -0.05) is 12.1 Å². The minimum Gasteiger partial charge on any atom is -0.365 e. The predicted octanol–water partition coefficient (Wildman–Crippen LogP) is 2.04. The molecular weight excluding hydrogens is 287 g/mol. The fraction of sp³-hybridized carbons (Fsp3) is 0.400. The number of halogens is 1. The number of H-pyrrole nitrogens is 1. The van der Waals surface area contributed by atoms with Gasteiger partial charge in [0.15, 0.2) is 0 Å². The lowest BCUT2D eigenvalue weighted by atomic mass is 10.1. The molecule has 0 saturated carbocycles. The molecule has 0 bridgehead atoms. The molecule has 0 unspecified atom stereocenters. The molecule has 2 atom stereocenters. The van der Waals surface area contributed by atoms with Crippen LogP contribution in [0.25, 0.3) is 0 Å². The molecule has 1 aromatic carbocycles. The van der Waals surface area contributed by atoms with Gasteiger partial charge in [0.25, 0.3) is 5.91 Å². The van der Waals surface area contributed by atoms with E-state index in [1.165, 1.54) is 12.1 Å². The van der Waals surface area contributed by atoms with Gasteiger partial charge >= 0.3 is 0 Å². The van der Waals surface area contributed by atoms with Gasteiger partial charge in [-0.25, -0.2) is 4.39 Å². The number of hydrogen-bond donors (Lipinski definition) is 2. The number of carbonyl (C=O) groups is 1. The minimum absolute atomic E-state index is 0.108. The van der Waals surface area contributed by atoms with Crippen LogP contribution in [0.15, 0.2) is 24.3 Å². The fourth-order valence-electron chi connectivity index (χ4n) is 2.41. The third-order valence-electron chi connectivity index (χ3n) is 3.58. The summed E-state index contributed by atoms with van der Waals surface area (Å²) in [5, 5.41) is 9.37. The normalized spacial score (nSPS) is 21.0. The Kier molecular flexibility index (Phi) is 4.15. The first-order valence-electron chi connectivity index (χ1n) is 7.22. The van der Waals surface area contributed by atoms with Gasteiger partial charge in [-0.05, 0) is 37.5 Å². The van der Waals surface area contributed by atoms with Gasteiger partial charge in [-0.15, -0.1) is 5.10 Å². The summed E-state index contributed by atoms with van der Waals surface area (Å²) in [4.78, 5) is 16.2. The Bertz CT molecular complexity index is 656. The molecule has 1 fully saturated rings. The fourth-order valence-corrected chi connectivity index (χ4v) is 2.41. The molecule has 0 spiro atoms. The van der Waals surface area contributed by atoms with E-state index in [0.29, 0.717) is 18.7 Å². The SMILES string of the molecule is C[C@@H]1CC[C@H](C(=O)Nc2n[nH]c(Cc3ccc(F)cc3)n2)O1. The third-order valence-corrected chi connectivity index (χ3v) is 3.58. The van der Waals surface area contributed by atoms with Crippen molar-refractivity contribution in [3.8, 4) is 0 Å². The average Bonchev–Trinajstić information content (AvgIpc) is 3.11. The van der Waals surface area contributed by atoms with E-state index in [2.05, 4.69) is 20.5 Å². The van der Waals surface area contributed by atoms with Gasteiger partial charge in [0.05, 0.1) is 6.10 Å². The molecule has 22 heavy (non-hydrogen) atoms. The Morgan fingerprint density at radius 1 is 1.41 bits per heavy atom. The largest absolute Gasteiger partial charge is 0.365 e. The van der Waals surface area contributed by atoms with Crippen molar-refractivity contribution in [2.45, 2.75) is 38.4 Å². The lowest BCUT2D eigenvalue weighted by molar-refractivity contribution is -0.126. The topological polar surface area (TPSA) is 79.9 Å². The molecule has 3 rings (SSSR count). The molecule has 2 heterocycles. The van der Waals surface area contributed by atoms with Gasteiger partial charge < -0.3 is 4.74 Å². The van der Waals surface area contributed by atoms with Crippen LogP contribution in [0, 0.1) is 5.82 Å². The van der Waals surface area contributed by atoms with Crippen LogP contribution in [0.3, 0.4) is 0 Å². The number of benzene rings is 1.